The van der Waals surface area contributed by atoms with Gasteiger partial charge in [0.25, 0.3) is 0 Å². The van der Waals surface area contributed by atoms with Crippen molar-refractivity contribution in [3.05, 3.63) is 25.0 Å². The molecule has 2 N–H and O–H groups in total. The van der Waals surface area contributed by atoms with E-state index in [1.807, 2.05) is 11.0 Å². The van der Waals surface area contributed by atoms with Gasteiger partial charge < -0.3 is 15.5 Å². The number of likely N-dealkylation sites (tertiary alicyclic amines) is 1. The molecule has 2 amide bonds. The molecule has 0 bridgehead atoms. The molecule has 2 aromatic rings. The van der Waals surface area contributed by atoms with Crippen LogP contribution in [0, 0.1) is 11.8 Å². The van der Waals surface area contributed by atoms with E-state index in [0.717, 1.165) is 31.7 Å². The second-order valence-electron chi connectivity index (χ2n) is 7.34. The molecule has 2 fully saturated rings. The van der Waals surface area contributed by atoms with E-state index in [0.29, 0.717) is 31.7 Å². The van der Waals surface area contributed by atoms with Gasteiger partial charge in [-0.05, 0) is 25.7 Å². The Morgan fingerprint density at radius 2 is 1.61 bits per heavy atom. The molecule has 0 atom stereocenters. The summed E-state index contributed by atoms with van der Waals surface area (Å²) in [6.07, 6.45) is 7.50. The smallest absolute Gasteiger partial charge is 0.225 e. The van der Waals surface area contributed by atoms with Crippen molar-refractivity contribution in [2.45, 2.75) is 25.7 Å². The van der Waals surface area contributed by atoms with E-state index < -0.39 is 0 Å². The summed E-state index contributed by atoms with van der Waals surface area (Å²) in [6, 6.07) is 1.88. The lowest BCUT2D eigenvalue weighted by Crippen LogP contribution is -2.47. The zero-order valence-electron chi connectivity index (χ0n) is 15.6. The van der Waals surface area contributed by atoms with Gasteiger partial charge in [0.05, 0.1) is 0 Å². The fourth-order valence-electron chi connectivity index (χ4n) is 3.96. The van der Waals surface area contributed by atoms with Crippen LogP contribution < -0.4 is 10.6 Å². The molecule has 4 heterocycles. The summed E-state index contributed by atoms with van der Waals surface area (Å²) < 4.78 is 1.59. The summed E-state index contributed by atoms with van der Waals surface area (Å²) in [5.41, 5.74) is 5.38. The predicted octanol–water partition coefficient (Wildman–Crippen LogP) is -0.00240. The van der Waals surface area contributed by atoms with Gasteiger partial charge in [-0.25, -0.2) is 19.6 Å². The Balaban J connectivity index is 1.33. The van der Waals surface area contributed by atoms with Crippen molar-refractivity contribution in [1.29, 1.82) is 0 Å². The van der Waals surface area contributed by atoms with Gasteiger partial charge in [0.1, 0.15) is 24.8 Å². The molecule has 2 aliphatic heterocycles. The van der Waals surface area contributed by atoms with Gasteiger partial charge >= 0.3 is 0 Å². The monoisotopic (exact) mass is 384 g/mol. The van der Waals surface area contributed by atoms with E-state index in [2.05, 4.69) is 25.0 Å². The van der Waals surface area contributed by atoms with Crippen LogP contribution in [0.25, 0.3) is 5.82 Å². The summed E-state index contributed by atoms with van der Waals surface area (Å²) in [4.78, 5) is 40.7. The quantitative estimate of drug-likeness (QED) is 0.787. The average Bonchev–Trinajstić information content (AvgIpc) is 3.28. The maximum Gasteiger partial charge on any atom is 0.225 e. The maximum absolute atomic E-state index is 12.8. The Kier molecular flexibility index (Phi) is 5.18. The number of nitrogens with two attached hydrogens (primary N) is 1. The average molecular weight is 384 g/mol. The van der Waals surface area contributed by atoms with Crippen molar-refractivity contribution in [2.24, 2.45) is 17.6 Å². The molecule has 0 aliphatic carbocycles. The number of primary amides is 1. The first-order valence-corrected chi connectivity index (χ1v) is 9.62. The Morgan fingerprint density at radius 1 is 0.929 bits per heavy atom. The molecular formula is C18H24N8O2. The first-order valence-electron chi connectivity index (χ1n) is 9.62. The van der Waals surface area contributed by atoms with Gasteiger partial charge in [-0.1, -0.05) is 0 Å². The highest BCUT2D eigenvalue weighted by Crippen LogP contribution is 2.26. The standard InChI is InChI=1S/C18H24N8O2/c19-17(27)13-1-7-25(8-2-13)18(28)14-3-5-24(6-4-14)15-9-16(22-11-21-15)26-12-20-10-23-26/h9-14H,1-8H2,(H2,19,27). The molecule has 2 aliphatic rings. The molecule has 10 nitrogen and oxygen atoms in total. The number of anilines is 1. The van der Waals surface area contributed by atoms with Crippen LogP contribution in [0.15, 0.2) is 25.0 Å². The SMILES string of the molecule is NC(=O)C1CCN(C(=O)C2CCN(c3cc(-n4cncn4)ncn3)CC2)CC1. The van der Waals surface area contributed by atoms with Gasteiger partial charge in [0, 0.05) is 44.1 Å². The molecule has 2 aromatic heterocycles. The van der Waals surface area contributed by atoms with Gasteiger partial charge in [-0.2, -0.15) is 5.10 Å². The molecule has 28 heavy (non-hydrogen) atoms. The summed E-state index contributed by atoms with van der Waals surface area (Å²) in [7, 11) is 0. The van der Waals surface area contributed by atoms with Crippen molar-refractivity contribution >= 4 is 17.6 Å². The lowest BCUT2D eigenvalue weighted by atomic mass is 9.92. The van der Waals surface area contributed by atoms with Crippen LogP contribution in [-0.4, -0.2) is 67.6 Å². The van der Waals surface area contributed by atoms with E-state index in [-0.39, 0.29) is 23.7 Å². The van der Waals surface area contributed by atoms with Gasteiger partial charge in [0.2, 0.25) is 11.8 Å². The largest absolute Gasteiger partial charge is 0.369 e. The van der Waals surface area contributed by atoms with Crippen LogP contribution in [0.3, 0.4) is 0 Å². The molecule has 0 saturated carbocycles. The van der Waals surface area contributed by atoms with Gasteiger partial charge in [0.15, 0.2) is 5.82 Å². The maximum atomic E-state index is 12.8. The highest BCUT2D eigenvalue weighted by atomic mass is 16.2. The third kappa shape index (κ3) is 3.80. The predicted molar refractivity (Wildman–Crippen MR) is 100 cm³/mol. The van der Waals surface area contributed by atoms with Crippen molar-refractivity contribution in [2.75, 3.05) is 31.1 Å². The number of rotatable bonds is 4. The molecule has 148 valence electrons. The summed E-state index contributed by atoms with van der Waals surface area (Å²) >= 11 is 0. The molecule has 2 saturated heterocycles. The lowest BCUT2D eigenvalue weighted by Gasteiger charge is -2.37. The van der Waals surface area contributed by atoms with Crippen molar-refractivity contribution < 1.29 is 9.59 Å². The number of amides is 2. The molecule has 0 aromatic carbocycles. The number of carbonyl (C=O) groups excluding carboxylic acids is 2. The van der Waals surface area contributed by atoms with Crippen LogP contribution in [0.1, 0.15) is 25.7 Å². The van der Waals surface area contributed by atoms with Gasteiger partial charge in [-0.3, -0.25) is 9.59 Å². The van der Waals surface area contributed by atoms with Gasteiger partial charge in [-0.15, -0.1) is 0 Å². The number of hydrogen-bond donors (Lipinski definition) is 1. The third-order valence-corrected chi connectivity index (χ3v) is 5.67. The van der Waals surface area contributed by atoms with Crippen LogP contribution in [0.5, 0.6) is 0 Å². The number of piperidine rings is 2. The van der Waals surface area contributed by atoms with Crippen molar-refractivity contribution in [1.82, 2.24) is 29.6 Å². The first-order chi connectivity index (χ1) is 13.6. The number of aromatic nitrogens is 5. The minimum absolute atomic E-state index is 0.0259. The Labute approximate surface area is 162 Å². The van der Waals surface area contributed by atoms with Crippen LogP contribution >= 0.6 is 0 Å². The van der Waals surface area contributed by atoms with E-state index in [1.165, 1.54) is 12.7 Å². The molecule has 0 radical (unpaired) electrons. The molecule has 10 heteroatoms. The fraction of sp³-hybridized carbons (Fsp3) is 0.556. The minimum Gasteiger partial charge on any atom is -0.369 e. The van der Waals surface area contributed by atoms with Crippen LogP contribution in [0.4, 0.5) is 5.82 Å². The van der Waals surface area contributed by atoms with Crippen LogP contribution in [-0.2, 0) is 9.59 Å². The van der Waals surface area contributed by atoms with E-state index >= 15 is 0 Å². The fourth-order valence-corrected chi connectivity index (χ4v) is 3.96. The van der Waals surface area contributed by atoms with E-state index in [1.54, 1.807) is 11.0 Å². The lowest BCUT2D eigenvalue weighted by molar-refractivity contribution is -0.139. The molecule has 0 spiro atoms. The molecule has 0 unspecified atom stereocenters. The molecular weight excluding hydrogens is 360 g/mol. The third-order valence-electron chi connectivity index (χ3n) is 5.67. The Bertz CT molecular complexity index is 824. The normalized spacial score (nSPS) is 19.0. The minimum atomic E-state index is -0.254. The Hall–Kier alpha value is -3.04. The number of carbonyl (C=O) groups is 2. The summed E-state index contributed by atoms with van der Waals surface area (Å²) in [5, 5.41) is 4.09. The summed E-state index contributed by atoms with van der Waals surface area (Å²) in [6.45, 7) is 2.78. The first kappa shape index (κ1) is 18.3. The second-order valence-corrected chi connectivity index (χ2v) is 7.34. The summed E-state index contributed by atoms with van der Waals surface area (Å²) in [5.74, 6) is 1.37. The topological polar surface area (TPSA) is 123 Å². The highest BCUT2D eigenvalue weighted by molar-refractivity contribution is 5.80. The van der Waals surface area contributed by atoms with Crippen molar-refractivity contribution in [3.63, 3.8) is 0 Å². The molecule has 4 rings (SSSR count). The van der Waals surface area contributed by atoms with E-state index in [4.69, 9.17) is 5.73 Å². The highest BCUT2D eigenvalue weighted by Gasteiger charge is 2.32. The zero-order chi connectivity index (χ0) is 19.5. The van der Waals surface area contributed by atoms with E-state index in [9.17, 15) is 9.59 Å². The second kappa shape index (κ2) is 7.91. The zero-order valence-corrected chi connectivity index (χ0v) is 15.6. The Morgan fingerprint density at radius 3 is 2.25 bits per heavy atom. The van der Waals surface area contributed by atoms with Crippen molar-refractivity contribution in [3.8, 4) is 5.82 Å². The van der Waals surface area contributed by atoms with Crippen LogP contribution in [0.2, 0.25) is 0 Å². The number of hydrogen-bond acceptors (Lipinski definition) is 7. The number of nitrogens with zero attached hydrogens (tertiary/aromatic N) is 7.